The summed E-state index contributed by atoms with van der Waals surface area (Å²) < 4.78 is 5.15. The third kappa shape index (κ3) is 6.58. The highest BCUT2D eigenvalue weighted by atomic mass is 16.4. The van der Waals surface area contributed by atoms with Crippen LogP contribution in [0.1, 0.15) is 31.9 Å². The molecule has 0 aliphatic rings. The molecule has 7 nitrogen and oxygen atoms in total. The van der Waals surface area contributed by atoms with Crippen molar-refractivity contribution in [2.24, 2.45) is 0 Å². The number of imide groups is 1. The molecule has 1 aromatic heterocycles. The van der Waals surface area contributed by atoms with Crippen molar-refractivity contribution < 1.29 is 23.9 Å². The largest absolute Gasteiger partial charge is 0.481 e. The molecule has 0 bridgehead atoms. The van der Waals surface area contributed by atoms with Crippen LogP contribution in [0.5, 0.6) is 0 Å². The quantitative estimate of drug-likeness (QED) is 0.698. The van der Waals surface area contributed by atoms with E-state index >= 15 is 0 Å². The highest BCUT2D eigenvalue weighted by Gasteiger charge is 2.12. The first-order valence-electron chi connectivity index (χ1n) is 6.32. The number of hydrogen-bond acceptors (Lipinski definition) is 4. The maximum Gasteiger partial charge on any atom is 0.321 e. The predicted molar refractivity (Wildman–Crippen MR) is 70.0 cm³/mol. The maximum atomic E-state index is 11.5. The second-order valence-electron chi connectivity index (χ2n) is 4.45. The van der Waals surface area contributed by atoms with E-state index in [1.165, 1.54) is 0 Å². The number of carboxylic acid groups (broad SMARTS) is 1. The van der Waals surface area contributed by atoms with Crippen molar-refractivity contribution in [3.63, 3.8) is 0 Å². The van der Waals surface area contributed by atoms with Crippen LogP contribution in [0.2, 0.25) is 0 Å². The summed E-state index contributed by atoms with van der Waals surface area (Å²) in [5, 5.41) is 13.2. The van der Waals surface area contributed by atoms with E-state index in [0.29, 0.717) is 6.42 Å². The molecule has 1 rings (SSSR count). The van der Waals surface area contributed by atoms with Crippen molar-refractivity contribution >= 4 is 17.9 Å². The molecular formula is C13H18N2O5. The smallest absolute Gasteiger partial charge is 0.321 e. The van der Waals surface area contributed by atoms with Crippen LogP contribution in [-0.4, -0.2) is 29.1 Å². The number of carboxylic acids is 1. The average Bonchev–Trinajstić information content (AvgIpc) is 2.80. The fraction of sp³-hybridized carbons (Fsp3) is 0.462. The topological polar surface area (TPSA) is 109 Å². The molecule has 3 N–H and O–H groups in total. The lowest BCUT2D eigenvalue weighted by Gasteiger charge is -2.12. The summed E-state index contributed by atoms with van der Waals surface area (Å²) >= 11 is 0. The zero-order valence-electron chi connectivity index (χ0n) is 11.2. The molecule has 1 heterocycles. The minimum Gasteiger partial charge on any atom is -0.481 e. The first-order valence-corrected chi connectivity index (χ1v) is 6.32. The van der Waals surface area contributed by atoms with Crippen LogP contribution in [0.3, 0.4) is 0 Å². The summed E-state index contributed by atoms with van der Waals surface area (Å²) in [6, 6.07) is 2.78. The molecule has 0 fully saturated rings. The summed E-state index contributed by atoms with van der Waals surface area (Å²) in [5.74, 6) is -0.714. The zero-order valence-corrected chi connectivity index (χ0v) is 11.2. The van der Waals surface area contributed by atoms with E-state index in [-0.39, 0.29) is 25.3 Å². The van der Waals surface area contributed by atoms with Crippen LogP contribution in [0, 0.1) is 0 Å². The highest BCUT2D eigenvalue weighted by molar-refractivity contribution is 5.94. The monoisotopic (exact) mass is 282 g/mol. The van der Waals surface area contributed by atoms with Gasteiger partial charge in [0.2, 0.25) is 5.91 Å². The van der Waals surface area contributed by atoms with Gasteiger partial charge >= 0.3 is 12.0 Å². The second kappa shape index (κ2) is 7.98. The van der Waals surface area contributed by atoms with Crippen LogP contribution in [0.4, 0.5) is 4.79 Å². The Kier molecular flexibility index (Phi) is 6.28. The van der Waals surface area contributed by atoms with Crippen LogP contribution in [0.25, 0.3) is 0 Å². The molecule has 0 radical (unpaired) electrons. The van der Waals surface area contributed by atoms with Crippen molar-refractivity contribution in [1.82, 2.24) is 10.6 Å². The Hall–Kier alpha value is -2.31. The van der Waals surface area contributed by atoms with E-state index in [1.807, 2.05) is 0 Å². The molecule has 0 aliphatic carbocycles. The van der Waals surface area contributed by atoms with Crippen LogP contribution >= 0.6 is 0 Å². The number of nitrogens with one attached hydrogen (secondary N) is 2. The lowest BCUT2D eigenvalue weighted by atomic mass is 10.2. The molecular weight excluding hydrogens is 264 g/mol. The molecule has 3 amide bonds. The van der Waals surface area contributed by atoms with Gasteiger partial charge in [-0.2, -0.15) is 0 Å². The number of amides is 3. The van der Waals surface area contributed by atoms with Crippen LogP contribution < -0.4 is 10.6 Å². The molecule has 1 aromatic rings. The SMILES string of the molecule is CC(Cc1ccco1)NC(=O)NC(=O)CCCC(=O)O. The number of urea groups is 1. The summed E-state index contributed by atoms with van der Waals surface area (Å²) in [7, 11) is 0. The Balaban J connectivity index is 2.21. The Morgan fingerprint density at radius 2 is 2.10 bits per heavy atom. The summed E-state index contributed by atoms with van der Waals surface area (Å²) in [6.07, 6.45) is 2.19. The third-order valence-corrected chi connectivity index (χ3v) is 2.51. The first-order chi connectivity index (χ1) is 9.47. The van der Waals surface area contributed by atoms with E-state index in [0.717, 1.165) is 5.76 Å². The molecule has 0 spiro atoms. The van der Waals surface area contributed by atoms with E-state index in [1.54, 1.807) is 25.3 Å². The Labute approximate surface area is 116 Å². The number of rotatable bonds is 7. The van der Waals surface area contributed by atoms with E-state index in [9.17, 15) is 14.4 Å². The highest BCUT2D eigenvalue weighted by Crippen LogP contribution is 2.03. The van der Waals surface area contributed by atoms with E-state index in [2.05, 4.69) is 10.6 Å². The normalized spacial score (nSPS) is 11.7. The standard InChI is InChI=1S/C13H18N2O5/c1-9(8-10-4-3-7-20-10)14-13(19)15-11(16)5-2-6-12(17)18/h3-4,7,9H,2,5-6,8H2,1H3,(H,17,18)(H2,14,15,16,19). The Morgan fingerprint density at radius 1 is 1.35 bits per heavy atom. The molecule has 20 heavy (non-hydrogen) atoms. The number of hydrogen-bond donors (Lipinski definition) is 3. The minimum atomic E-state index is -0.964. The van der Waals surface area contributed by atoms with Gasteiger partial charge in [0, 0.05) is 25.3 Å². The Bertz CT molecular complexity index is 455. The van der Waals surface area contributed by atoms with Gasteiger partial charge in [0.25, 0.3) is 0 Å². The summed E-state index contributed by atoms with van der Waals surface area (Å²) in [6.45, 7) is 1.79. The van der Waals surface area contributed by atoms with Gasteiger partial charge in [-0.15, -0.1) is 0 Å². The van der Waals surface area contributed by atoms with Gasteiger partial charge < -0.3 is 14.8 Å². The fourth-order valence-corrected chi connectivity index (χ4v) is 1.63. The Morgan fingerprint density at radius 3 is 2.70 bits per heavy atom. The summed E-state index contributed by atoms with van der Waals surface area (Å²) in [4.78, 5) is 33.1. The molecule has 7 heteroatoms. The van der Waals surface area contributed by atoms with Crippen molar-refractivity contribution in [2.75, 3.05) is 0 Å². The molecule has 0 saturated carbocycles. The van der Waals surface area contributed by atoms with Crippen molar-refractivity contribution in [1.29, 1.82) is 0 Å². The lowest BCUT2D eigenvalue weighted by Crippen LogP contribution is -2.44. The average molecular weight is 282 g/mol. The molecule has 0 aromatic carbocycles. The minimum absolute atomic E-state index is 0.00623. The first kappa shape index (κ1) is 15.7. The van der Waals surface area contributed by atoms with Gasteiger partial charge in [0.1, 0.15) is 5.76 Å². The van der Waals surface area contributed by atoms with Crippen molar-refractivity contribution in [3.05, 3.63) is 24.2 Å². The zero-order chi connectivity index (χ0) is 15.0. The molecule has 1 atom stereocenters. The molecule has 1 unspecified atom stereocenters. The maximum absolute atomic E-state index is 11.5. The number of carbonyl (C=O) groups excluding carboxylic acids is 2. The number of aliphatic carboxylic acids is 1. The van der Waals surface area contributed by atoms with Crippen LogP contribution in [-0.2, 0) is 16.0 Å². The fourth-order valence-electron chi connectivity index (χ4n) is 1.63. The van der Waals surface area contributed by atoms with Crippen molar-refractivity contribution in [2.45, 2.75) is 38.6 Å². The van der Waals surface area contributed by atoms with Crippen LogP contribution in [0.15, 0.2) is 22.8 Å². The van der Waals surface area contributed by atoms with Gasteiger partial charge in [0.15, 0.2) is 0 Å². The van der Waals surface area contributed by atoms with E-state index in [4.69, 9.17) is 9.52 Å². The second-order valence-corrected chi connectivity index (χ2v) is 4.45. The van der Waals surface area contributed by atoms with Gasteiger partial charge in [0.05, 0.1) is 6.26 Å². The number of carbonyl (C=O) groups is 3. The van der Waals surface area contributed by atoms with Gasteiger partial charge in [-0.3, -0.25) is 14.9 Å². The predicted octanol–water partition coefficient (Wildman–Crippen LogP) is 1.29. The van der Waals surface area contributed by atoms with Gasteiger partial charge in [-0.1, -0.05) is 0 Å². The molecule has 0 aliphatic heterocycles. The third-order valence-electron chi connectivity index (χ3n) is 2.51. The molecule has 110 valence electrons. The van der Waals surface area contributed by atoms with Crippen molar-refractivity contribution in [3.8, 4) is 0 Å². The lowest BCUT2D eigenvalue weighted by molar-refractivity contribution is -0.137. The van der Waals surface area contributed by atoms with Gasteiger partial charge in [-0.25, -0.2) is 4.79 Å². The number of furan rings is 1. The summed E-state index contributed by atoms with van der Waals surface area (Å²) in [5.41, 5.74) is 0. The van der Waals surface area contributed by atoms with Gasteiger partial charge in [-0.05, 0) is 25.5 Å². The van der Waals surface area contributed by atoms with E-state index < -0.39 is 17.9 Å². The molecule has 0 saturated heterocycles.